The average molecular weight is 252 g/mol. The van der Waals surface area contributed by atoms with Crippen LogP contribution in [0, 0.1) is 5.82 Å². The molecule has 1 aromatic heterocycles. The Hall–Kier alpha value is -1.04. The molecule has 0 aromatic carbocycles. The summed E-state index contributed by atoms with van der Waals surface area (Å²) in [6.45, 7) is 4.88. The van der Waals surface area contributed by atoms with E-state index in [4.69, 9.17) is 0 Å². The standard InChI is InChI=1S/C13H21FN4/c1-17-3-4-18(2)13(10-17)9-16-7-11-5-12(14)8-15-6-11/h5-6,8,13,16H,3-4,7,9-10H2,1-2H3. The van der Waals surface area contributed by atoms with Gasteiger partial charge >= 0.3 is 0 Å². The smallest absolute Gasteiger partial charge is 0.141 e. The second-order valence-electron chi connectivity index (χ2n) is 5.04. The van der Waals surface area contributed by atoms with Crippen LogP contribution in [0.15, 0.2) is 18.5 Å². The lowest BCUT2D eigenvalue weighted by atomic mass is 10.2. The molecule has 1 aliphatic rings. The highest BCUT2D eigenvalue weighted by molar-refractivity contribution is 5.09. The van der Waals surface area contributed by atoms with E-state index in [9.17, 15) is 4.39 Å². The fraction of sp³-hybridized carbons (Fsp3) is 0.615. The zero-order valence-corrected chi connectivity index (χ0v) is 11.1. The van der Waals surface area contributed by atoms with Gasteiger partial charge in [0.2, 0.25) is 0 Å². The minimum atomic E-state index is -0.274. The van der Waals surface area contributed by atoms with Crippen LogP contribution in [0.1, 0.15) is 5.56 Å². The quantitative estimate of drug-likeness (QED) is 0.848. The summed E-state index contributed by atoms with van der Waals surface area (Å²) in [4.78, 5) is 8.56. The van der Waals surface area contributed by atoms with Crippen LogP contribution in [-0.4, -0.2) is 61.1 Å². The third-order valence-corrected chi connectivity index (χ3v) is 3.45. The molecule has 0 saturated carbocycles. The Balaban J connectivity index is 1.77. The van der Waals surface area contributed by atoms with Gasteiger partial charge in [-0.15, -0.1) is 0 Å². The Kier molecular flexibility index (Phi) is 4.63. The molecule has 0 bridgehead atoms. The van der Waals surface area contributed by atoms with Crippen LogP contribution < -0.4 is 5.32 Å². The predicted octanol–water partition coefficient (Wildman–Crippen LogP) is 0.556. The molecule has 18 heavy (non-hydrogen) atoms. The molecule has 0 aliphatic carbocycles. The van der Waals surface area contributed by atoms with Crippen molar-refractivity contribution in [3.05, 3.63) is 29.8 Å². The number of hydrogen-bond donors (Lipinski definition) is 1. The Morgan fingerprint density at radius 2 is 2.22 bits per heavy atom. The Morgan fingerprint density at radius 1 is 1.39 bits per heavy atom. The topological polar surface area (TPSA) is 31.4 Å². The number of nitrogens with zero attached hydrogens (tertiary/aromatic N) is 3. The van der Waals surface area contributed by atoms with E-state index >= 15 is 0 Å². The number of pyridine rings is 1. The van der Waals surface area contributed by atoms with Gasteiger partial charge < -0.3 is 10.2 Å². The number of piperazine rings is 1. The lowest BCUT2D eigenvalue weighted by Gasteiger charge is -2.37. The molecule has 1 atom stereocenters. The van der Waals surface area contributed by atoms with Crippen molar-refractivity contribution in [1.29, 1.82) is 0 Å². The first-order chi connectivity index (χ1) is 8.65. The van der Waals surface area contributed by atoms with E-state index < -0.39 is 0 Å². The summed E-state index contributed by atoms with van der Waals surface area (Å²) in [7, 11) is 4.31. The van der Waals surface area contributed by atoms with Gasteiger partial charge in [-0.3, -0.25) is 9.88 Å². The lowest BCUT2D eigenvalue weighted by Crippen LogP contribution is -2.53. The monoisotopic (exact) mass is 252 g/mol. The van der Waals surface area contributed by atoms with Crippen LogP contribution in [0.5, 0.6) is 0 Å². The van der Waals surface area contributed by atoms with E-state index in [1.807, 2.05) is 0 Å². The maximum Gasteiger partial charge on any atom is 0.141 e. The number of nitrogens with one attached hydrogen (secondary N) is 1. The maximum absolute atomic E-state index is 13.0. The SMILES string of the molecule is CN1CCN(C)C(CNCc2cncc(F)c2)C1. The molecule has 1 unspecified atom stereocenters. The van der Waals surface area contributed by atoms with E-state index in [1.54, 1.807) is 6.20 Å². The minimum Gasteiger partial charge on any atom is -0.311 e. The molecule has 1 aliphatic heterocycles. The molecule has 100 valence electrons. The lowest BCUT2D eigenvalue weighted by molar-refractivity contribution is 0.113. The summed E-state index contributed by atoms with van der Waals surface area (Å²) in [6.07, 6.45) is 2.93. The Bertz CT molecular complexity index is 385. The third kappa shape index (κ3) is 3.73. The largest absolute Gasteiger partial charge is 0.311 e. The fourth-order valence-electron chi connectivity index (χ4n) is 2.26. The van der Waals surface area contributed by atoms with Gasteiger partial charge in [0, 0.05) is 45.0 Å². The number of hydrogen-bond acceptors (Lipinski definition) is 4. The molecule has 1 fully saturated rings. The van der Waals surface area contributed by atoms with Crippen molar-refractivity contribution < 1.29 is 4.39 Å². The molecule has 2 heterocycles. The van der Waals surface area contributed by atoms with E-state index in [0.29, 0.717) is 12.6 Å². The first-order valence-electron chi connectivity index (χ1n) is 6.34. The van der Waals surface area contributed by atoms with Crippen molar-refractivity contribution >= 4 is 0 Å². The first-order valence-corrected chi connectivity index (χ1v) is 6.34. The summed E-state index contributed by atoms with van der Waals surface area (Å²) < 4.78 is 13.0. The summed E-state index contributed by atoms with van der Waals surface area (Å²) in [6, 6.07) is 2.04. The van der Waals surface area contributed by atoms with Crippen LogP contribution in [0.4, 0.5) is 4.39 Å². The van der Waals surface area contributed by atoms with Gasteiger partial charge in [0.1, 0.15) is 5.82 Å². The highest BCUT2D eigenvalue weighted by Gasteiger charge is 2.21. The number of likely N-dealkylation sites (N-methyl/N-ethyl adjacent to an activating group) is 2. The van der Waals surface area contributed by atoms with Gasteiger partial charge in [0.05, 0.1) is 6.20 Å². The highest BCUT2D eigenvalue weighted by atomic mass is 19.1. The molecule has 5 heteroatoms. The van der Waals surface area contributed by atoms with Gasteiger partial charge in [-0.2, -0.15) is 0 Å². The number of aromatic nitrogens is 1. The van der Waals surface area contributed by atoms with Crippen molar-refractivity contribution in [3.8, 4) is 0 Å². The van der Waals surface area contributed by atoms with Gasteiger partial charge in [-0.05, 0) is 25.7 Å². The molecule has 4 nitrogen and oxygen atoms in total. The second kappa shape index (κ2) is 6.22. The van der Waals surface area contributed by atoms with Gasteiger partial charge in [-0.25, -0.2) is 4.39 Å². The van der Waals surface area contributed by atoms with Gasteiger partial charge in [0.25, 0.3) is 0 Å². The van der Waals surface area contributed by atoms with Crippen molar-refractivity contribution in [2.45, 2.75) is 12.6 Å². The first kappa shape index (κ1) is 13.4. The van der Waals surface area contributed by atoms with Crippen LogP contribution in [0.2, 0.25) is 0 Å². The maximum atomic E-state index is 13.0. The van der Waals surface area contributed by atoms with Crippen molar-refractivity contribution in [1.82, 2.24) is 20.1 Å². The summed E-state index contributed by atoms with van der Waals surface area (Å²) >= 11 is 0. The van der Waals surface area contributed by atoms with Crippen molar-refractivity contribution in [2.24, 2.45) is 0 Å². The van der Waals surface area contributed by atoms with Crippen LogP contribution in [-0.2, 0) is 6.54 Å². The summed E-state index contributed by atoms with van der Waals surface area (Å²) in [5.74, 6) is -0.274. The number of halogens is 1. The molecule has 0 radical (unpaired) electrons. The molecule has 2 rings (SSSR count). The zero-order valence-electron chi connectivity index (χ0n) is 11.1. The van der Waals surface area contributed by atoms with E-state index in [-0.39, 0.29) is 5.82 Å². The average Bonchev–Trinajstić information content (AvgIpc) is 2.34. The Morgan fingerprint density at radius 3 is 3.00 bits per heavy atom. The summed E-state index contributed by atoms with van der Waals surface area (Å²) in [5, 5.41) is 3.37. The van der Waals surface area contributed by atoms with Crippen LogP contribution in [0.25, 0.3) is 0 Å². The molecule has 1 aromatic rings. The minimum absolute atomic E-state index is 0.274. The fourth-order valence-corrected chi connectivity index (χ4v) is 2.26. The van der Waals surface area contributed by atoms with E-state index in [2.05, 4.69) is 34.2 Å². The third-order valence-electron chi connectivity index (χ3n) is 3.45. The summed E-state index contributed by atoms with van der Waals surface area (Å²) in [5.41, 5.74) is 0.891. The second-order valence-corrected chi connectivity index (χ2v) is 5.04. The molecule has 0 spiro atoms. The molecule has 1 saturated heterocycles. The highest BCUT2D eigenvalue weighted by Crippen LogP contribution is 2.05. The van der Waals surface area contributed by atoms with Crippen LogP contribution in [0.3, 0.4) is 0 Å². The van der Waals surface area contributed by atoms with E-state index in [1.165, 1.54) is 12.3 Å². The van der Waals surface area contributed by atoms with Crippen LogP contribution >= 0.6 is 0 Å². The van der Waals surface area contributed by atoms with Crippen molar-refractivity contribution in [3.63, 3.8) is 0 Å². The van der Waals surface area contributed by atoms with E-state index in [0.717, 1.165) is 31.7 Å². The van der Waals surface area contributed by atoms with Crippen molar-refractivity contribution in [2.75, 3.05) is 40.3 Å². The molecule has 1 N–H and O–H groups in total. The predicted molar refractivity (Wildman–Crippen MR) is 69.8 cm³/mol. The molecular weight excluding hydrogens is 231 g/mol. The van der Waals surface area contributed by atoms with Gasteiger partial charge in [-0.1, -0.05) is 0 Å². The zero-order chi connectivity index (χ0) is 13.0. The normalized spacial score (nSPS) is 22.3. The molecule has 0 amide bonds. The molecular formula is C13H21FN4. The number of rotatable bonds is 4. The Labute approximate surface area is 108 Å². The van der Waals surface area contributed by atoms with Gasteiger partial charge in [0.15, 0.2) is 0 Å².